The fourth-order valence-electron chi connectivity index (χ4n) is 3.61. The molecule has 0 spiro atoms. The molecule has 2 aromatic carbocycles. The number of carbonyl (C=O) groups is 1. The van der Waals surface area contributed by atoms with E-state index >= 15 is 0 Å². The van der Waals surface area contributed by atoms with Crippen molar-refractivity contribution in [3.63, 3.8) is 0 Å². The van der Waals surface area contributed by atoms with Crippen LogP contribution in [0.3, 0.4) is 0 Å². The molecule has 0 bridgehead atoms. The van der Waals surface area contributed by atoms with Crippen LogP contribution in [0.25, 0.3) is 10.2 Å². The standard InChI is InChI=1S/C21H23N3O3S2/c1-15-10-12-16(13-11-15)29(26,27)24-14-6-5-8-18(24)20(25)23(2)21-22-17-7-3-4-9-19(17)28-21/h3-4,7,9-13,18H,5-6,8,14H2,1-2H3/t18-/m0/s1. The summed E-state index contributed by atoms with van der Waals surface area (Å²) in [5.41, 5.74) is 1.82. The lowest BCUT2D eigenvalue weighted by Crippen LogP contribution is -2.52. The summed E-state index contributed by atoms with van der Waals surface area (Å²) in [6, 6.07) is 13.8. The molecule has 2 heterocycles. The van der Waals surface area contributed by atoms with Gasteiger partial charge in [-0.3, -0.25) is 9.69 Å². The second-order valence-electron chi connectivity index (χ2n) is 7.30. The number of nitrogens with zero attached hydrogens (tertiary/aromatic N) is 3. The number of benzene rings is 2. The van der Waals surface area contributed by atoms with Crippen LogP contribution in [-0.4, -0.2) is 43.2 Å². The molecule has 6 nitrogen and oxygen atoms in total. The van der Waals surface area contributed by atoms with Crippen LogP contribution < -0.4 is 4.90 Å². The molecule has 3 aromatic rings. The summed E-state index contributed by atoms with van der Waals surface area (Å²) in [6.45, 7) is 2.26. The third-order valence-corrected chi connectivity index (χ3v) is 8.30. The van der Waals surface area contributed by atoms with Crippen molar-refractivity contribution in [2.24, 2.45) is 0 Å². The monoisotopic (exact) mass is 429 g/mol. The first kappa shape index (κ1) is 20.0. The van der Waals surface area contributed by atoms with E-state index in [4.69, 9.17) is 0 Å². The highest BCUT2D eigenvalue weighted by molar-refractivity contribution is 7.89. The maximum absolute atomic E-state index is 13.3. The summed E-state index contributed by atoms with van der Waals surface area (Å²) in [5.74, 6) is -0.237. The molecule has 0 aliphatic carbocycles. The lowest BCUT2D eigenvalue weighted by Gasteiger charge is -2.35. The minimum absolute atomic E-state index is 0.227. The number of likely N-dealkylation sites (N-methyl/N-ethyl adjacent to an activating group) is 1. The number of thiazole rings is 1. The number of fused-ring (bicyclic) bond motifs is 1. The minimum atomic E-state index is -3.74. The smallest absolute Gasteiger partial charge is 0.246 e. The molecular weight excluding hydrogens is 406 g/mol. The Labute approximate surface area is 174 Å². The number of hydrogen-bond acceptors (Lipinski definition) is 5. The molecule has 1 saturated heterocycles. The van der Waals surface area contributed by atoms with Gasteiger partial charge in [-0.15, -0.1) is 0 Å². The second-order valence-corrected chi connectivity index (χ2v) is 10.2. The lowest BCUT2D eigenvalue weighted by molar-refractivity contribution is -0.122. The van der Waals surface area contributed by atoms with Crippen molar-refractivity contribution in [3.8, 4) is 0 Å². The Morgan fingerprint density at radius 2 is 1.86 bits per heavy atom. The average molecular weight is 430 g/mol. The Kier molecular flexibility index (Phi) is 5.42. The molecule has 1 fully saturated rings. The van der Waals surface area contributed by atoms with Crippen LogP contribution in [-0.2, 0) is 14.8 Å². The summed E-state index contributed by atoms with van der Waals surface area (Å²) in [4.78, 5) is 19.6. The largest absolute Gasteiger partial charge is 0.290 e. The van der Waals surface area contributed by atoms with Crippen LogP contribution in [0.2, 0.25) is 0 Å². The van der Waals surface area contributed by atoms with Gasteiger partial charge in [0.25, 0.3) is 0 Å². The van der Waals surface area contributed by atoms with Crippen LogP contribution in [0.4, 0.5) is 5.13 Å². The molecular formula is C21H23N3O3S2. The Morgan fingerprint density at radius 1 is 1.14 bits per heavy atom. The van der Waals surface area contributed by atoms with E-state index < -0.39 is 16.1 Å². The van der Waals surface area contributed by atoms with Crippen LogP contribution in [0, 0.1) is 6.92 Å². The zero-order valence-corrected chi connectivity index (χ0v) is 18.0. The number of hydrogen-bond donors (Lipinski definition) is 0. The van der Waals surface area contributed by atoms with Gasteiger partial charge in [-0.1, -0.05) is 47.6 Å². The molecule has 4 rings (SSSR count). The van der Waals surface area contributed by atoms with E-state index in [1.807, 2.05) is 31.2 Å². The maximum atomic E-state index is 13.3. The summed E-state index contributed by atoms with van der Waals surface area (Å²) >= 11 is 1.43. The molecule has 8 heteroatoms. The highest BCUT2D eigenvalue weighted by Gasteiger charge is 2.39. The number of piperidine rings is 1. The highest BCUT2D eigenvalue weighted by atomic mass is 32.2. The number of carbonyl (C=O) groups excluding carboxylic acids is 1. The van der Waals surface area contributed by atoms with Gasteiger partial charge in [-0.25, -0.2) is 13.4 Å². The normalized spacial score (nSPS) is 18.1. The Hall–Kier alpha value is -2.29. The molecule has 0 unspecified atom stereocenters. The minimum Gasteiger partial charge on any atom is -0.290 e. The Morgan fingerprint density at radius 3 is 2.59 bits per heavy atom. The molecule has 152 valence electrons. The number of aromatic nitrogens is 1. The lowest BCUT2D eigenvalue weighted by atomic mass is 10.0. The number of aryl methyl sites for hydroxylation is 1. The fourth-order valence-corrected chi connectivity index (χ4v) is 6.19. The van der Waals surface area contributed by atoms with Gasteiger partial charge in [0.15, 0.2) is 5.13 Å². The Bertz CT molecular complexity index is 1110. The SMILES string of the molecule is Cc1ccc(S(=O)(=O)N2CCCC[C@H]2C(=O)N(C)c2nc3ccccc3s2)cc1. The number of rotatable bonds is 4. The second kappa shape index (κ2) is 7.85. The van der Waals surface area contributed by atoms with Crippen molar-refractivity contribution >= 4 is 42.6 Å². The van der Waals surface area contributed by atoms with Gasteiger partial charge < -0.3 is 0 Å². The molecule has 1 aromatic heterocycles. The molecule has 1 amide bonds. The van der Waals surface area contributed by atoms with Crippen molar-refractivity contribution in [1.82, 2.24) is 9.29 Å². The van der Waals surface area contributed by atoms with Crippen LogP contribution in [0.5, 0.6) is 0 Å². The van der Waals surface area contributed by atoms with Gasteiger partial charge in [-0.2, -0.15) is 4.31 Å². The van der Waals surface area contributed by atoms with E-state index in [2.05, 4.69) is 4.98 Å². The van der Waals surface area contributed by atoms with Gasteiger partial charge in [0.1, 0.15) is 6.04 Å². The van der Waals surface area contributed by atoms with Crippen molar-refractivity contribution in [3.05, 3.63) is 54.1 Å². The number of anilines is 1. The van der Waals surface area contributed by atoms with E-state index in [9.17, 15) is 13.2 Å². The zero-order chi connectivity index (χ0) is 20.6. The van der Waals surface area contributed by atoms with Crippen molar-refractivity contribution in [2.75, 3.05) is 18.5 Å². The van der Waals surface area contributed by atoms with Gasteiger partial charge in [0.05, 0.1) is 15.1 Å². The first-order valence-corrected chi connectivity index (χ1v) is 11.9. The summed E-state index contributed by atoms with van der Waals surface area (Å²) in [5, 5.41) is 0.578. The van der Waals surface area contributed by atoms with E-state index in [1.165, 1.54) is 20.5 Å². The van der Waals surface area contributed by atoms with E-state index in [-0.39, 0.29) is 10.8 Å². The van der Waals surface area contributed by atoms with Crippen molar-refractivity contribution in [1.29, 1.82) is 0 Å². The third kappa shape index (κ3) is 3.80. The van der Waals surface area contributed by atoms with E-state index in [0.717, 1.165) is 28.6 Å². The van der Waals surface area contributed by atoms with Gasteiger partial charge >= 0.3 is 0 Å². The van der Waals surface area contributed by atoms with E-state index in [1.54, 1.807) is 31.3 Å². The molecule has 0 N–H and O–H groups in total. The molecule has 1 aliphatic heterocycles. The summed E-state index contributed by atoms with van der Waals surface area (Å²) in [7, 11) is -2.07. The van der Waals surface area contributed by atoms with Crippen molar-refractivity contribution in [2.45, 2.75) is 37.1 Å². The molecule has 1 aliphatic rings. The van der Waals surface area contributed by atoms with Crippen LogP contribution >= 0.6 is 11.3 Å². The Balaban J connectivity index is 1.64. The maximum Gasteiger partial charge on any atom is 0.246 e. The number of para-hydroxylation sites is 1. The van der Waals surface area contributed by atoms with Gasteiger partial charge in [0.2, 0.25) is 15.9 Å². The first-order chi connectivity index (χ1) is 13.9. The average Bonchev–Trinajstić information content (AvgIpc) is 3.17. The molecule has 0 radical (unpaired) electrons. The van der Waals surface area contributed by atoms with Crippen LogP contribution in [0.1, 0.15) is 24.8 Å². The van der Waals surface area contributed by atoms with Crippen LogP contribution in [0.15, 0.2) is 53.4 Å². The quantitative estimate of drug-likeness (QED) is 0.632. The summed E-state index contributed by atoms with van der Waals surface area (Å²) < 4.78 is 28.9. The summed E-state index contributed by atoms with van der Waals surface area (Å²) in [6.07, 6.45) is 2.09. The fraction of sp³-hybridized carbons (Fsp3) is 0.333. The predicted molar refractivity (Wildman–Crippen MR) is 116 cm³/mol. The van der Waals surface area contributed by atoms with Crippen molar-refractivity contribution < 1.29 is 13.2 Å². The zero-order valence-electron chi connectivity index (χ0n) is 16.4. The van der Waals surface area contributed by atoms with E-state index in [0.29, 0.717) is 18.1 Å². The van der Waals surface area contributed by atoms with Gasteiger partial charge in [-0.05, 0) is 44.0 Å². The molecule has 0 saturated carbocycles. The topological polar surface area (TPSA) is 70.6 Å². The molecule has 1 atom stereocenters. The highest BCUT2D eigenvalue weighted by Crippen LogP contribution is 2.31. The predicted octanol–water partition coefficient (Wildman–Crippen LogP) is 3.81. The number of sulfonamides is 1. The van der Waals surface area contributed by atoms with Gasteiger partial charge in [0, 0.05) is 13.6 Å². The molecule has 29 heavy (non-hydrogen) atoms. The third-order valence-electron chi connectivity index (χ3n) is 5.27. The number of amides is 1. The first-order valence-electron chi connectivity index (χ1n) is 9.59.